The lowest BCUT2D eigenvalue weighted by atomic mass is 10.2. The second-order valence-electron chi connectivity index (χ2n) is 4.22. The molecule has 2 aromatic rings. The van der Waals surface area contributed by atoms with Gasteiger partial charge < -0.3 is 10.1 Å². The Morgan fingerprint density at radius 3 is 2.50 bits per heavy atom. The Morgan fingerprint density at radius 2 is 1.85 bits per heavy atom. The van der Waals surface area contributed by atoms with Gasteiger partial charge in [-0.25, -0.2) is 0 Å². The van der Waals surface area contributed by atoms with Gasteiger partial charge >= 0.3 is 0 Å². The fourth-order valence-corrected chi connectivity index (χ4v) is 2.90. The second-order valence-corrected chi connectivity index (χ2v) is 6.40. The highest BCUT2D eigenvalue weighted by Gasteiger charge is 2.07. The van der Waals surface area contributed by atoms with E-state index in [2.05, 4.69) is 44.1 Å². The zero-order valence-electron chi connectivity index (χ0n) is 10.9. The van der Waals surface area contributed by atoms with Crippen LogP contribution in [0.1, 0.15) is 12.5 Å². The predicted octanol–water partition coefficient (Wildman–Crippen LogP) is 5.77. The lowest BCUT2D eigenvalue weighted by molar-refractivity contribution is 0.479. The van der Waals surface area contributed by atoms with Crippen LogP contribution in [0, 0.1) is 0 Å². The summed E-state index contributed by atoms with van der Waals surface area (Å²) in [5, 5.41) is 3.86. The predicted molar refractivity (Wildman–Crippen MR) is 90.7 cm³/mol. The fraction of sp³-hybridized carbons (Fsp3) is 0.200. The van der Waals surface area contributed by atoms with Crippen molar-refractivity contribution in [1.82, 2.24) is 5.32 Å². The zero-order valence-corrected chi connectivity index (χ0v) is 14.8. The molecule has 5 heteroatoms. The normalized spacial score (nSPS) is 10.6. The van der Waals surface area contributed by atoms with E-state index in [0.717, 1.165) is 27.8 Å². The highest BCUT2D eigenvalue weighted by atomic mass is 79.9. The first-order chi connectivity index (χ1) is 9.60. The SMILES string of the molecule is CCNCc1ccc(Oc2ccc(Br)cc2Cl)c(Br)c1. The number of ether oxygens (including phenoxy) is 1. The summed E-state index contributed by atoms with van der Waals surface area (Å²) < 4.78 is 7.67. The molecule has 2 rings (SSSR count). The average Bonchev–Trinajstić information content (AvgIpc) is 2.42. The van der Waals surface area contributed by atoms with Gasteiger partial charge in [0.2, 0.25) is 0 Å². The molecule has 2 aromatic carbocycles. The maximum atomic E-state index is 6.15. The van der Waals surface area contributed by atoms with Gasteiger partial charge in [-0.1, -0.05) is 40.5 Å². The van der Waals surface area contributed by atoms with Crippen molar-refractivity contribution in [1.29, 1.82) is 0 Å². The molecule has 0 saturated heterocycles. The minimum Gasteiger partial charge on any atom is -0.455 e. The monoisotopic (exact) mass is 417 g/mol. The topological polar surface area (TPSA) is 21.3 Å². The average molecular weight is 420 g/mol. The molecular formula is C15H14Br2ClNO. The molecule has 0 spiro atoms. The molecule has 0 saturated carbocycles. The van der Waals surface area contributed by atoms with E-state index < -0.39 is 0 Å². The molecular weight excluding hydrogens is 405 g/mol. The third kappa shape index (κ3) is 4.22. The van der Waals surface area contributed by atoms with Gasteiger partial charge in [-0.3, -0.25) is 0 Å². The van der Waals surface area contributed by atoms with Crippen molar-refractivity contribution < 1.29 is 4.74 Å². The number of benzene rings is 2. The van der Waals surface area contributed by atoms with Gasteiger partial charge in [-0.15, -0.1) is 0 Å². The molecule has 0 aromatic heterocycles. The molecule has 0 bridgehead atoms. The van der Waals surface area contributed by atoms with E-state index in [1.165, 1.54) is 5.56 Å². The van der Waals surface area contributed by atoms with E-state index in [0.29, 0.717) is 10.8 Å². The van der Waals surface area contributed by atoms with Gasteiger partial charge in [0.1, 0.15) is 11.5 Å². The van der Waals surface area contributed by atoms with Gasteiger partial charge in [-0.2, -0.15) is 0 Å². The third-order valence-electron chi connectivity index (χ3n) is 2.69. The summed E-state index contributed by atoms with van der Waals surface area (Å²) in [6, 6.07) is 11.6. The van der Waals surface area contributed by atoms with E-state index in [9.17, 15) is 0 Å². The van der Waals surface area contributed by atoms with Crippen molar-refractivity contribution in [2.75, 3.05) is 6.54 Å². The number of hydrogen-bond donors (Lipinski definition) is 1. The highest BCUT2D eigenvalue weighted by molar-refractivity contribution is 9.10. The smallest absolute Gasteiger partial charge is 0.146 e. The van der Waals surface area contributed by atoms with Crippen LogP contribution >= 0.6 is 43.5 Å². The molecule has 0 aliphatic rings. The van der Waals surface area contributed by atoms with E-state index in [4.69, 9.17) is 16.3 Å². The number of rotatable bonds is 5. The highest BCUT2D eigenvalue weighted by Crippen LogP contribution is 2.35. The van der Waals surface area contributed by atoms with Gasteiger partial charge in [0.25, 0.3) is 0 Å². The summed E-state index contributed by atoms with van der Waals surface area (Å²) in [6.07, 6.45) is 0. The summed E-state index contributed by atoms with van der Waals surface area (Å²) in [4.78, 5) is 0. The van der Waals surface area contributed by atoms with Gasteiger partial charge in [0.05, 0.1) is 9.50 Å². The molecule has 2 nitrogen and oxygen atoms in total. The van der Waals surface area contributed by atoms with Gasteiger partial charge in [0, 0.05) is 11.0 Å². The quantitative estimate of drug-likeness (QED) is 0.665. The molecule has 0 heterocycles. The first kappa shape index (κ1) is 15.8. The van der Waals surface area contributed by atoms with Crippen LogP contribution in [0.2, 0.25) is 5.02 Å². The van der Waals surface area contributed by atoms with Crippen LogP contribution < -0.4 is 10.1 Å². The Hall–Kier alpha value is -0.550. The molecule has 0 aliphatic carbocycles. The molecule has 0 atom stereocenters. The van der Waals surface area contributed by atoms with E-state index in [1.807, 2.05) is 36.4 Å². The summed E-state index contributed by atoms with van der Waals surface area (Å²) in [6.45, 7) is 3.88. The summed E-state index contributed by atoms with van der Waals surface area (Å²) in [5.74, 6) is 1.38. The van der Waals surface area contributed by atoms with Crippen molar-refractivity contribution in [2.45, 2.75) is 13.5 Å². The van der Waals surface area contributed by atoms with Crippen LogP contribution in [-0.2, 0) is 6.54 Å². The van der Waals surface area contributed by atoms with Crippen LogP contribution in [-0.4, -0.2) is 6.54 Å². The summed E-state index contributed by atoms with van der Waals surface area (Å²) >= 11 is 13.1. The largest absolute Gasteiger partial charge is 0.455 e. The van der Waals surface area contributed by atoms with E-state index in [-0.39, 0.29) is 0 Å². The van der Waals surface area contributed by atoms with Gasteiger partial charge in [-0.05, 0) is 58.4 Å². The maximum absolute atomic E-state index is 6.15. The lowest BCUT2D eigenvalue weighted by Gasteiger charge is -2.11. The lowest BCUT2D eigenvalue weighted by Crippen LogP contribution is -2.11. The van der Waals surface area contributed by atoms with Crippen molar-refractivity contribution in [3.63, 3.8) is 0 Å². The van der Waals surface area contributed by atoms with Crippen molar-refractivity contribution in [2.24, 2.45) is 0 Å². The molecule has 0 aliphatic heterocycles. The third-order valence-corrected chi connectivity index (χ3v) is 4.10. The van der Waals surface area contributed by atoms with Crippen molar-refractivity contribution in [3.05, 3.63) is 55.9 Å². The second kappa shape index (κ2) is 7.46. The number of nitrogens with one attached hydrogen (secondary N) is 1. The van der Waals surface area contributed by atoms with Crippen LogP contribution in [0.4, 0.5) is 0 Å². The molecule has 1 N–H and O–H groups in total. The van der Waals surface area contributed by atoms with Crippen LogP contribution in [0.3, 0.4) is 0 Å². The molecule has 0 amide bonds. The summed E-state index contributed by atoms with van der Waals surface area (Å²) in [5.41, 5.74) is 1.20. The van der Waals surface area contributed by atoms with Crippen LogP contribution in [0.15, 0.2) is 45.3 Å². The Labute approximate surface area is 140 Å². The van der Waals surface area contributed by atoms with Crippen LogP contribution in [0.25, 0.3) is 0 Å². The van der Waals surface area contributed by atoms with Crippen LogP contribution in [0.5, 0.6) is 11.5 Å². The maximum Gasteiger partial charge on any atom is 0.146 e. The van der Waals surface area contributed by atoms with E-state index >= 15 is 0 Å². The van der Waals surface area contributed by atoms with Crippen molar-refractivity contribution >= 4 is 43.5 Å². The molecule has 106 valence electrons. The Bertz CT molecular complexity index is 604. The number of halogens is 3. The molecule has 20 heavy (non-hydrogen) atoms. The zero-order chi connectivity index (χ0) is 14.5. The molecule has 0 unspecified atom stereocenters. The van der Waals surface area contributed by atoms with Gasteiger partial charge in [0.15, 0.2) is 0 Å². The Kier molecular flexibility index (Phi) is 5.90. The fourth-order valence-electron chi connectivity index (χ4n) is 1.68. The number of hydrogen-bond acceptors (Lipinski definition) is 2. The standard InChI is InChI=1S/C15H14Br2ClNO/c1-2-19-9-10-3-5-14(12(17)7-10)20-15-6-4-11(16)8-13(15)18/h3-8,19H,2,9H2,1H3. The summed E-state index contributed by atoms with van der Waals surface area (Å²) in [7, 11) is 0. The Morgan fingerprint density at radius 1 is 1.10 bits per heavy atom. The Balaban J connectivity index is 2.17. The minimum atomic E-state index is 0.572. The molecule has 0 radical (unpaired) electrons. The first-order valence-corrected chi connectivity index (χ1v) is 8.18. The minimum absolute atomic E-state index is 0.572. The van der Waals surface area contributed by atoms with Crippen molar-refractivity contribution in [3.8, 4) is 11.5 Å². The first-order valence-electron chi connectivity index (χ1n) is 6.22. The molecule has 0 fully saturated rings. The van der Waals surface area contributed by atoms with E-state index in [1.54, 1.807) is 0 Å².